The Morgan fingerprint density at radius 3 is 2.58 bits per heavy atom. The lowest BCUT2D eigenvalue weighted by molar-refractivity contribution is 0.119. The fourth-order valence-electron chi connectivity index (χ4n) is 0.641. The van der Waals surface area contributed by atoms with Gasteiger partial charge in [-0.25, -0.2) is 4.79 Å². The van der Waals surface area contributed by atoms with E-state index in [1.807, 2.05) is 0 Å². The monoisotopic (exact) mass is 174 g/mol. The summed E-state index contributed by atoms with van der Waals surface area (Å²) in [6.45, 7) is 4.24. The molecule has 72 valence electrons. The largest absolute Gasteiger partial charge is 0.448 e. The van der Waals surface area contributed by atoms with E-state index in [0.29, 0.717) is 6.61 Å². The van der Waals surface area contributed by atoms with Gasteiger partial charge in [0.15, 0.2) is 0 Å². The minimum atomic E-state index is -0.284. The van der Waals surface area contributed by atoms with Gasteiger partial charge in [0.05, 0.1) is 0 Å². The van der Waals surface area contributed by atoms with Crippen LogP contribution < -0.4 is 5.32 Å². The van der Waals surface area contributed by atoms with E-state index in [1.54, 1.807) is 14.1 Å². The van der Waals surface area contributed by atoms with Gasteiger partial charge in [0.2, 0.25) is 0 Å². The highest BCUT2D eigenvalue weighted by Gasteiger charge is 2.02. The first-order valence-corrected chi connectivity index (χ1v) is 4.23. The zero-order valence-electron chi connectivity index (χ0n) is 8.09. The predicted octanol–water partition coefficient (Wildman–Crippen LogP) is 0.684. The third kappa shape index (κ3) is 5.97. The molecule has 0 aromatic carbocycles. The van der Waals surface area contributed by atoms with Crippen molar-refractivity contribution in [1.82, 2.24) is 10.2 Å². The zero-order chi connectivity index (χ0) is 9.40. The van der Waals surface area contributed by atoms with Crippen LogP contribution in [-0.2, 0) is 4.74 Å². The Morgan fingerprint density at radius 2 is 2.08 bits per heavy atom. The van der Waals surface area contributed by atoms with Gasteiger partial charge in [0.1, 0.15) is 6.61 Å². The van der Waals surface area contributed by atoms with Crippen LogP contribution in [0.25, 0.3) is 0 Å². The molecule has 0 rings (SSSR count). The van der Waals surface area contributed by atoms with Crippen LogP contribution in [0.4, 0.5) is 4.79 Å². The second-order valence-corrected chi connectivity index (χ2v) is 2.76. The lowest BCUT2D eigenvalue weighted by atomic mass is 10.5. The fourth-order valence-corrected chi connectivity index (χ4v) is 0.641. The predicted molar refractivity (Wildman–Crippen MR) is 48.2 cm³/mol. The van der Waals surface area contributed by atoms with Crippen molar-refractivity contribution in [2.45, 2.75) is 13.3 Å². The number of amides is 1. The maximum absolute atomic E-state index is 10.9. The second-order valence-electron chi connectivity index (χ2n) is 2.76. The molecule has 0 heterocycles. The average Bonchev–Trinajstić information content (AvgIpc) is 2.03. The Hall–Kier alpha value is -0.770. The lowest BCUT2D eigenvalue weighted by Crippen LogP contribution is -2.27. The zero-order valence-corrected chi connectivity index (χ0v) is 8.09. The van der Waals surface area contributed by atoms with Crippen molar-refractivity contribution >= 4 is 6.09 Å². The van der Waals surface area contributed by atoms with Crippen LogP contribution in [0.3, 0.4) is 0 Å². The first kappa shape index (κ1) is 11.2. The van der Waals surface area contributed by atoms with E-state index in [0.717, 1.165) is 19.5 Å². The first-order valence-electron chi connectivity index (χ1n) is 4.23. The maximum atomic E-state index is 10.9. The fraction of sp³-hybridized carbons (Fsp3) is 0.875. The van der Waals surface area contributed by atoms with Crippen LogP contribution in [0, 0.1) is 0 Å². The molecule has 4 heteroatoms. The molecule has 0 saturated carbocycles. The summed E-state index contributed by atoms with van der Waals surface area (Å²) in [5.74, 6) is 0. The number of carbonyl (C=O) groups excluding carboxylic acids is 1. The Balaban J connectivity index is 3.14. The number of nitrogens with zero attached hydrogens (tertiary/aromatic N) is 1. The van der Waals surface area contributed by atoms with Crippen molar-refractivity contribution in [3.05, 3.63) is 0 Å². The van der Waals surface area contributed by atoms with Gasteiger partial charge in [0.25, 0.3) is 0 Å². The smallest absolute Gasteiger partial charge is 0.409 e. The normalized spacial score (nSPS) is 9.58. The average molecular weight is 174 g/mol. The van der Waals surface area contributed by atoms with Gasteiger partial charge in [0, 0.05) is 20.6 Å². The van der Waals surface area contributed by atoms with Gasteiger partial charge in [-0.15, -0.1) is 0 Å². The summed E-state index contributed by atoms with van der Waals surface area (Å²) < 4.78 is 4.87. The summed E-state index contributed by atoms with van der Waals surface area (Å²) in [7, 11) is 3.34. The van der Waals surface area contributed by atoms with Crippen molar-refractivity contribution in [3.8, 4) is 0 Å². The van der Waals surface area contributed by atoms with Gasteiger partial charge in [-0.2, -0.15) is 0 Å². The molecule has 12 heavy (non-hydrogen) atoms. The van der Waals surface area contributed by atoms with Crippen LogP contribution in [0.15, 0.2) is 0 Å². The van der Waals surface area contributed by atoms with E-state index in [4.69, 9.17) is 4.74 Å². The molecule has 0 aliphatic carbocycles. The summed E-state index contributed by atoms with van der Waals surface area (Å²) in [5.41, 5.74) is 0. The van der Waals surface area contributed by atoms with E-state index in [1.165, 1.54) is 4.90 Å². The van der Waals surface area contributed by atoms with E-state index >= 15 is 0 Å². The third-order valence-electron chi connectivity index (χ3n) is 1.30. The van der Waals surface area contributed by atoms with Crippen LogP contribution in [-0.4, -0.2) is 44.8 Å². The van der Waals surface area contributed by atoms with Crippen molar-refractivity contribution in [3.63, 3.8) is 0 Å². The second kappa shape index (κ2) is 6.91. The molecule has 0 fully saturated rings. The van der Waals surface area contributed by atoms with Crippen molar-refractivity contribution in [2.75, 3.05) is 33.8 Å². The molecule has 0 aliphatic rings. The topological polar surface area (TPSA) is 41.6 Å². The molecule has 0 unspecified atom stereocenters. The number of rotatable bonds is 5. The summed E-state index contributed by atoms with van der Waals surface area (Å²) in [5, 5.41) is 3.13. The molecule has 1 N–H and O–H groups in total. The van der Waals surface area contributed by atoms with E-state index in [2.05, 4.69) is 12.2 Å². The summed E-state index contributed by atoms with van der Waals surface area (Å²) in [4.78, 5) is 12.3. The van der Waals surface area contributed by atoms with Gasteiger partial charge in [-0.3, -0.25) is 0 Å². The van der Waals surface area contributed by atoms with Gasteiger partial charge in [-0.1, -0.05) is 6.92 Å². The summed E-state index contributed by atoms with van der Waals surface area (Å²) in [6.07, 6.45) is 0.815. The number of hydrogen-bond donors (Lipinski definition) is 1. The molecular weight excluding hydrogens is 156 g/mol. The molecule has 0 aromatic heterocycles. The molecule has 0 saturated heterocycles. The molecule has 0 radical (unpaired) electrons. The Bertz CT molecular complexity index is 126. The molecule has 0 atom stereocenters. The minimum absolute atomic E-state index is 0.284. The molecule has 0 bridgehead atoms. The summed E-state index contributed by atoms with van der Waals surface area (Å²) in [6, 6.07) is 0. The molecule has 4 nitrogen and oxygen atoms in total. The van der Waals surface area contributed by atoms with Gasteiger partial charge in [-0.05, 0) is 13.0 Å². The summed E-state index contributed by atoms with van der Waals surface area (Å²) >= 11 is 0. The third-order valence-corrected chi connectivity index (χ3v) is 1.30. The Labute approximate surface area is 73.9 Å². The van der Waals surface area contributed by atoms with Gasteiger partial charge < -0.3 is 15.0 Å². The number of carbonyl (C=O) groups is 1. The van der Waals surface area contributed by atoms with E-state index in [-0.39, 0.29) is 6.09 Å². The van der Waals surface area contributed by atoms with Crippen molar-refractivity contribution < 1.29 is 9.53 Å². The highest BCUT2D eigenvalue weighted by atomic mass is 16.6. The van der Waals surface area contributed by atoms with Crippen molar-refractivity contribution in [2.24, 2.45) is 0 Å². The van der Waals surface area contributed by atoms with Crippen LogP contribution in [0.1, 0.15) is 13.3 Å². The van der Waals surface area contributed by atoms with Crippen LogP contribution >= 0.6 is 0 Å². The quantitative estimate of drug-likeness (QED) is 0.623. The lowest BCUT2D eigenvalue weighted by Gasteiger charge is -2.10. The Kier molecular flexibility index (Phi) is 6.47. The maximum Gasteiger partial charge on any atom is 0.409 e. The standard InChI is InChI=1S/C8H18N2O2/c1-4-5-9-6-7-12-8(11)10(2)3/h9H,4-7H2,1-3H3. The van der Waals surface area contributed by atoms with Gasteiger partial charge >= 0.3 is 6.09 Å². The van der Waals surface area contributed by atoms with E-state index in [9.17, 15) is 4.79 Å². The first-order chi connectivity index (χ1) is 5.68. The molecule has 0 spiro atoms. The number of ether oxygens (including phenoxy) is 1. The van der Waals surface area contributed by atoms with Crippen LogP contribution in [0.5, 0.6) is 0 Å². The highest BCUT2D eigenvalue weighted by molar-refractivity contribution is 5.66. The SMILES string of the molecule is CCCNCCOC(=O)N(C)C. The minimum Gasteiger partial charge on any atom is -0.448 e. The highest BCUT2D eigenvalue weighted by Crippen LogP contribution is 1.83. The molecule has 1 amide bonds. The van der Waals surface area contributed by atoms with Crippen molar-refractivity contribution in [1.29, 1.82) is 0 Å². The Morgan fingerprint density at radius 1 is 1.42 bits per heavy atom. The molecule has 0 aliphatic heterocycles. The molecule has 0 aromatic rings. The number of nitrogens with one attached hydrogen (secondary N) is 1. The van der Waals surface area contributed by atoms with E-state index < -0.39 is 0 Å². The van der Waals surface area contributed by atoms with Crippen LogP contribution in [0.2, 0.25) is 0 Å². The number of hydrogen-bond acceptors (Lipinski definition) is 3. The molecular formula is C8H18N2O2.